The number of aliphatic hydroxyl groups is 1. The molecule has 0 aliphatic heterocycles. The molecule has 0 spiro atoms. The fourth-order valence-corrected chi connectivity index (χ4v) is 2.34. The molecule has 0 bridgehead atoms. The van der Waals surface area contributed by atoms with Gasteiger partial charge in [0.2, 0.25) is 0 Å². The molecule has 0 aromatic heterocycles. The summed E-state index contributed by atoms with van der Waals surface area (Å²) in [7, 11) is 0. The van der Waals surface area contributed by atoms with Crippen LogP contribution in [0.3, 0.4) is 0 Å². The van der Waals surface area contributed by atoms with Gasteiger partial charge in [0, 0.05) is 11.5 Å². The minimum Gasteiger partial charge on any atom is -0.515 e. The van der Waals surface area contributed by atoms with E-state index in [0.29, 0.717) is 5.57 Å². The Bertz CT molecular complexity index is 349. The van der Waals surface area contributed by atoms with E-state index in [1.807, 2.05) is 6.08 Å². The number of hydrogen-bond acceptors (Lipinski definition) is 2. The first kappa shape index (κ1) is 9.25. The SMILES string of the molecule is C[C@@]12C=CC(=O)/C(=C\O)[C@H]1CC=CC2. The Morgan fingerprint density at radius 1 is 1.57 bits per heavy atom. The predicted molar refractivity (Wildman–Crippen MR) is 54.8 cm³/mol. The van der Waals surface area contributed by atoms with Crippen molar-refractivity contribution in [3.63, 3.8) is 0 Å². The molecule has 0 amide bonds. The fraction of sp³-hybridized carbons (Fsp3) is 0.417. The third kappa shape index (κ3) is 1.22. The molecule has 0 saturated carbocycles. The topological polar surface area (TPSA) is 37.3 Å². The van der Waals surface area contributed by atoms with Gasteiger partial charge in [-0.2, -0.15) is 0 Å². The summed E-state index contributed by atoms with van der Waals surface area (Å²) < 4.78 is 0. The zero-order valence-electron chi connectivity index (χ0n) is 8.23. The van der Waals surface area contributed by atoms with Crippen LogP contribution in [-0.2, 0) is 4.79 Å². The number of aliphatic hydroxyl groups excluding tert-OH is 1. The summed E-state index contributed by atoms with van der Waals surface area (Å²) in [6.07, 6.45) is 10.6. The molecule has 2 nitrogen and oxygen atoms in total. The van der Waals surface area contributed by atoms with Crippen LogP contribution < -0.4 is 0 Å². The lowest BCUT2D eigenvalue weighted by Gasteiger charge is -2.39. The van der Waals surface area contributed by atoms with Crippen LogP contribution in [0, 0.1) is 11.3 Å². The molecule has 0 aromatic carbocycles. The standard InChI is InChI=1S/C12H14O2/c1-12-6-3-2-4-10(12)9(8-13)11(14)5-7-12/h2-3,5,7-8,10,13H,4,6H2,1H3/b9-8-/t10-,12-/m1/s1. The first-order valence-electron chi connectivity index (χ1n) is 4.90. The van der Waals surface area contributed by atoms with E-state index >= 15 is 0 Å². The highest BCUT2D eigenvalue weighted by Gasteiger charge is 2.39. The smallest absolute Gasteiger partial charge is 0.184 e. The molecule has 0 heterocycles. The number of carbonyl (C=O) groups excluding carboxylic acids is 1. The first-order valence-corrected chi connectivity index (χ1v) is 4.90. The van der Waals surface area contributed by atoms with Crippen LogP contribution in [0.2, 0.25) is 0 Å². The average Bonchev–Trinajstić information content (AvgIpc) is 2.19. The maximum Gasteiger partial charge on any atom is 0.184 e. The molecular formula is C12H14O2. The number of ketones is 1. The largest absolute Gasteiger partial charge is 0.515 e. The van der Waals surface area contributed by atoms with E-state index in [-0.39, 0.29) is 17.1 Å². The molecule has 2 rings (SSSR count). The predicted octanol–water partition coefficient (Wildman–Crippen LogP) is 2.54. The molecule has 0 aromatic rings. The van der Waals surface area contributed by atoms with E-state index in [9.17, 15) is 4.79 Å². The average molecular weight is 190 g/mol. The van der Waals surface area contributed by atoms with Crippen molar-refractivity contribution >= 4 is 5.78 Å². The Labute approximate surface area is 83.6 Å². The highest BCUT2D eigenvalue weighted by Crippen LogP contribution is 2.45. The quantitative estimate of drug-likeness (QED) is 0.362. The summed E-state index contributed by atoms with van der Waals surface area (Å²) in [4.78, 5) is 11.5. The van der Waals surface area contributed by atoms with Gasteiger partial charge in [0.05, 0.1) is 6.26 Å². The van der Waals surface area contributed by atoms with Crippen LogP contribution in [0.4, 0.5) is 0 Å². The molecular weight excluding hydrogens is 176 g/mol. The Morgan fingerprint density at radius 2 is 2.36 bits per heavy atom. The number of carbonyl (C=O) groups is 1. The Hall–Kier alpha value is -1.31. The van der Waals surface area contributed by atoms with Crippen molar-refractivity contribution in [3.8, 4) is 0 Å². The molecule has 2 atom stereocenters. The molecule has 1 N–H and O–H groups in total. The van der Waals surface area contributed by atoms with Crippen LogP contribution in [0.1, 0.15) is 19.8 Å². The summed E-state index contributed by atoms with van der Waals surface area (Å²) in [5.74, 6) is 0.0975. The van der Waals surface area contributed by atoms with Gasteiger partial charge in [-0.25, -0.2) is 0 Å². The fourth-order valence-electron chi connectivity index (χ4n) is 2.34. The second-order valence-electron chi connectivity index (χ2n) is 4.25. The third-order valence-electron chi connectivity index (χ3n) is 3.31. The summed E-state index contributed by atoms with van der Waals surface area (Å²) in [6.45, 7) is 2.13. The minimum absolute atomic E-state index is 0.0111. The summed E-state index contributed by atoms with van der Waals surface area (Å²) in [5, 5.41) is 9.07. The van der Waals surface area contributed by atoms with Crippen LogP contribution in [0.25, 0.3) is 0 Å². The van der Waals surface area contributed by atoms with Gasteiger partial charge in [0.1, 0.15) is 0 Å². The number of allylic oxidation sites excluding steroid dienone is 5. The second-order valence-corrected chi connectivity index (χ2v) is 4.25. The van der Waals surface area contributed by atoms with Crippen molar-refractivity contribution in [2.45, 2.75) is 19.8 Å². The van der Waals surface area contributed by atoms with Crippen molar-refractivity contribution in [1.29, 1.82) is 0 Å². The minimum atomic E-state index is -0.0507. The van der Waals surface area contributed by atoms with E-state index in [1.165, 1.54) is 0 Å². The zero-order chi connectivity index (χ0) is 10.2. The molecule has 14 heavy (non-hydrogen) atoms. The van der Waals surface area contributed by atoms with Crippen LogP contribution in [-0.4, -0.2) is 10.9 Å². The van der Waals surface area contributed by atoms with E-state index in [1.54, 1.807) is 6.08 Å². The van der Waals surface area contributed by atoms with E-state index in [2.05, 4.69) is 19.1 Å². The zero-order valence-corrected chi connectivity index (χ0v) is 8.23. The molecule has 74 valence electrons. The maximum absolute atomic E-state index is 11.5. The van der Waals surface area contributed by atoms with Crippen molar-refractivity contribution < 1.29 is 9.90 Å². The molecule has 0 fully saturated rings. The Balaban J connectivity index is 2.46. The third-order valence-corrected chi connectivity index (χ3v) is 3.31. The lowest BCUT2D eigenvalue weighted by Crippen LogP contribution is -2.34. The molecule has 0 saturated heterocycles. The van der Waals surface area contributed by atoms with Crippen molar-refractivity contribution in [2.75, 3.05) is 0 Å². The molecule has 0 unspecified atom stereocenters. The van der Waals surface area contributed by atoms with Gasteiger partial charge >= 0.3 is 0 Å². The van der Waals surface area contributed by atoms with E-state index in [0.717, 1.165) is 19.1 Å². The van der Waals surface area contributed by atoms with Crippen LogP contribution >= 0.6 is 0 Å². The Morgan fingerprint density at radius 3 is 3.07 bits per heavy atom. The molecule has 2 aliphatic carbocycles. The van der Waals surface area contributed by atoms with Gasteiger partial charge in [-0.3, -0.25) is 4.79 Å². The number of hydrogen-bond donors (Lipinski definition) is 1. The second kappa shape index (κ2) is 3.12. The van der Waals surface area contributed by atoms with Gasteiger partial charge in [-0.15, -0.1) is 0 Å². The van der Waals surface area contributed by atoms with Gasteiger partial charge in [-0.1, -0.05) is 25.2 Å². The number of fused-ring (bicyclic) bond motifs is 1. The van der Waals surface area contributed by atoms with Crippen LogP contribution in [0.15, 0.2) is 36.1 Å². The van der Waals surface area contributed by atoms with Crippen molar-refractivity contribution in [3.05, 3.63) is 36.1 Å². The summed E-state index contributed by atoms with van der Waals surface area (Å²) in [6, 6.07) is 0. The molecule has 0 radical (unpaired) electrons. The lowest BCUT2D eigenvalue weighted by molar-refractivity contribution is -0.112. The van der Waals surface area contributed by atoms with Gasteiger partial charge in [-0.05, 0) is 24.3 Å². The van der Waals surface area contributed by atoms with Crippen molar-refractivity contribution in [2.24, 2.45) is 11.3 Å². The highest BCUT2D eigenvalue weighted by atomic mass is 16.2. The van der Waals surface area contributed by atoms with Gasteiger partial charge in [0.15, 0.2) is 5.78 Å². The van der Waals surface area contributed by atoms with E-state index in [4.69, 9.17) is 5.11 Å². The molecule has 2 aliphatic rings. The molecule has 2 heteroatoms. The van der Waals surface area contributed by atoms with Gasteiger partial charge < -0.3 is 5.11 Å². The van der Waals surface area contributed by atoms with Crippen LogP contribution in [0.5, 0.6) is 0 Å². The lowest BCUT2D eigenvalue weighted by atomic mass is 9.64. The maximum atomic E-state index is 11.5. The normalized spacial score (nSPS) is 38.8. The Kier molecular flexibility index (Phi) is 2.06. The monoisotopic (exact) mass is 190 g/mol. The summed E-state index contributed by atoms with van der Waals surface area (Å²) >= 11 is 0. The van der Waals surface area contributed by atoms with E-state index < -0.39 is 0 Å². The summed E-state index contributed by atoms with van der Waals surface area (Å²) in [5.41, 5.74) is 0.566. The van der Waals surface area contributed by atoms with Gasteiger partial charge in [0.25, 0.3) is 0 Å². The number of rotatable bonds is 0. The van der Waals surface area contributed by atoms with Crippen molar-refractivity contribution in [1.82, 2.24) is 0 Å². The highest BCUT2D eigenvalue weighted by molar-refractivity contribution is 6.05. The first-order chi connectivity index (χ1) is 6.67.